The third-order valence-electron chi connectivity index (χ3n) is 6.39. The highest BCUT2D eigenvalue weighted by Crippen LogP contribution is 2.38. The number of nitrogens with zero attached hydrogens (tertiary/aromatic N) is 2. The molecule has 1 unspecified atom stereocenters. The minimum atomic E-state index is -4.15. The van der Waals surface area contributed by atoms with Crippen molar-refractivity contribution in [2.75, 3.05) is 22.8 Å². The average molecular weight is 446 g/mol. The van der Waals surface area contributed by atoms with Gasteiger partial charge in [-0.15, -0.1) is 0 Å². The molecule has 3 aliphatic rings. The van der Waals surface area contributed by atoms with Gasteiger partial charge in [0.1, 0.15) is 0 Å². The van der Waals surface area contributed by atoms with Gasteiger partial charge in [-0.2, -0.15) is 13.5 Å². The van der Waals surface area contributed by atoms with Crippen molar-refractivity contribution in [1.29, 1.82) is 0 Å². The van der Waals surface area contributed by atoms with Crippen LogP contribution in [0.4, 0.5) is 16.2 Å². The fourth-order valence-electron chi connectivity index (χ4n) is 4.97. The lowest BCUT2D eigenvalue weighted by Crippen LogP contribution is -2.47. The van der Waals surface area contributed by atoms with Gasteiger partial charge < -0.3 is 10.1 Å². The van der Waals surface area contributed by atoms with E-state index < -0.39 is 16.2 Å². The van der Waals surface area contributed by atoms with Gasteiger partial charge in [0.05, 0.1) is 24.5 Å². The van der Waals surface area contributed by atoms with E-state index in [0.717, 1.165) is 72.5 Å². The summed E-state index contributed by atoms with van der Waals surface area (Å²) in [5, 5.41) is 9.37. The van der Waals surface area contributed by atoms with Crippen LogP contribution in [0, 0.1) is 0 Å². The molecular formula is C21H27N5O4S. The van der Waals surface area contributed by atoms with Crippen molar-refractivity contribution in [1.82, 2.24) is 14.9 Å². The summed E-state index contributed by atoms with van der Waals surface area (Å²) in [6, 6.07) is 1.53. The Hall–Kier alpha value is -2.59. The summed E-state index contributed by atoms with van der Waals surface area (Å²) >= 11 is 0. The standard InChI is InChI=1S/C21H27N5O4S/c27-21(24-20-18-7-1-4-14(18)10-15-5-2-8-19(15)20)25-31(28,29)26(16-11-22-23-12-16)13-17-6-3-9-30-17/h10-12,17H,1-9,13H2,(H,22,23)(H2,24,25,27). The number of aromatic nitrogens is 2. The summed E-state index contributed by atoms with van der Waals surface area (Å²) in [5.41, 5.74) is 6.02. The van der Waals surface area contributed by atoms with Crippen LogP contribution in [0.15, 0.2) is 18.5 Å². The second kappa shape index (κ2) is 8.16. The summed E-state index contributed by atoms with van der Waals surface area (Å²) in [5.74, 6) is 0. The molecule has 5 rings (SSSR count). The topological polar surface area (TPSA) is 116 Å². The maximum atomic E-state index is 13.1. The van der Waals surface area contributed by atoms with E-state index >= 15 is 0 Å². The van der Waals surface area contributed by atoms with E-state index in [2.05, 4.69) is 26.3 Å². The molecule has 3 N–H and O–H groups in total. The van der Waals surface area contributed by atoms with Gasteiger partial charge in [-0.25, -0.2) is 13.8 Å². The van der Waals surface area contributed by atoms with Gasteiger partial charge >= 0.3 is 16.2 Å². The van der Waals surface area contributed by atoms with Gasteiger partial charge in [0.25, 0.3) is 0 Å². The highest BCUT2D eigenvalue weighted by molar-refractivity contribution is 7.91. The van der Waals surface area contributed by atoms with Gasteiger partial charge in [-0.05, 0) is 73.6 Å². The van der Waals surface area contributed by atoms with Crippen LogP contribution < -0.4 is 14.3 Å². The number of ether oxygens (including phenoxy) is 1. The first kappa shape index (κ1) is 20.3. The van der Waals surface area contributed by atoms with Crippen LogP contribution in [0.3, 0.4) is 0 Å². The molecule has 1 atom stereocenters. The number of urea groups is 1. The number of amides is 2. The predicted octanol–water partition coefficient (Wildman–Crippen LogP) is 2.44. The first-order chi connectivity index (χ1) is 15.0. The Labute approximate surface area is 181 Å². The van der Waals surface area contributed by atoms with Crippen LogP contribution >= 0.6 is 0 Å². The summed E-state index contributed by atoms with van der Waals surface area (Å²) in [4.78, 5) is 12.9. The Bertz CT molecular complexity index is 1050. The normalized spacial score (nSPS) is 19.8. The third-order valence-corrected chi connectivity index (χ3v) is 7.77. The molecule has 0 saturated carbocycles. The van der Waals surface area contributed by atoms with Crippen molar-refractivity contribution in [3.05, 3.63) is 40.7 Å². The smallest absolute Gasteiger partial charge is 0.334 e. The number of anilines is 2. The molecule has 31 heavy (non-hydrogen) atoms. The number of fused-ring (bicyclic) bond motifs is 2. The highest BCUT2D eigenvalue weighted by atomic mass is 32.2. The summed E-state index contributed by atoms with van der Waals surface area (Å²) in [6.07, 6.45) is 10.3. The predicted molar refractivity (Wildman–Crippen MR) is 116 cm³/mol. The molecule has 2 aromatic rings. The second-order valence-corrected chi connectivity index (χ2v) is 10.0. The van der Waals surface area contributed by atoms with Crippen molar-refractivity contribution in [2.24, 2.45) is 0 Å². The highest BCUT2D eigenvalue weighted by Gasteiger charge is 2.31. The number of aromatic amines is 1. The number of hydrogen-bond acceptors (Lipinski definition) is 5. The lowest BCUT2D eigenvalue weighted by atomic mass is 9.99. The van der Waals surface area contributed by atoms with Crippen LogP contribution in [-0.4, -0.2) is 43.9 Å². The minimum absolute atomic E-state index is 0.123. The number of rotatable bonds is 6. The van der Waals surface area contributed by atoms with Crippen molar-refractivity contribution in [3.63, 3.8) is 0 Å². The van der Waals surface area contributed by atoms with Gasteiger partial charge in [-0.1, -0.05) is 6.07 Å². The Morgan fingerprint density at radius 2 is 1.90 bits per heavy atom. The maximum absolute atomic E-state index is 13.1. The zero-order chi connectivity index (χ0) is 21.4. The van der Waals surface area contributed by atoms with Gasteiger partial charge in [0, 0.05) is 18.5 Å². The van der Waals surface area contributed by atoms with Crippen LogP contribution in [0.25, 0.3) is 0 Å². The van der Waals surface area contributed by atoms with Gasteiger partial charge in [0.2, 0.25) is 0 Å². The molecule has 1 aliphatic heterocycles. The zero-order valence-corrected chi connectivity index (χ0v) is 18.1. The number of carbonyl (C=O) groups is 1. The van der Waals surface area contributed by atoms with Gasteiger partial charge in [0.15, 0.2) is 0 Å². The summed E-state index contributed by atoms with van der Waals surface area (Å²) in [7, 11) is -4.15. The van der Waals surface area contributed by atoms with Crippen LogP contribution in [0.1, 0.15) is 47.9 Å². The molecule has 0 radical (unpaired) electrons. The number of carbonyl (C=O) groups excluding carboxylic acids is 1. The minimum Gasteiger partial charge on any atom is -0.376 e. The molecule has 1 fully saturated rings. The molecule has 1 aromatic carbocycles. The van der Waals surface area contributed by atoms with E-state index in [1.807, 2.05) is 0 Å². The van der Waals surface area contributed by atoms with Crippen molar-refractivity contribution < 1.29 is 17.9 Å². The number of hydrogen-bond donors (Lipinski definition) is 3. The Kier molecular flexibility index (Phi) is 5.35. The Morgan fingerprint density at radius 3 is 2.52 bits per heavy atom. The fourth-order valence-corrected chi connectivity index (χ4v) is 6.11. The SMILES string of the molecule is O=C(Nc1c2c(cc3c1CCC3)CCC2)NS(=O)(=O)N(CC1CCCO1)c1cn[nH]c1. The van der Waals surface area contributed by atoms with Gasteiger partial charge in [-0.3, -0.25) is 5.10 Å². The molecular weight excluding hydrogens is 418 g/mol. The van der Waals surface area contributed by atoms with E-state index in [1.54, 1.807) is 0 Å². The molecule has 166 valence electrons. The molecule has 0 spiro atoms. The number of nitrogens with one attached hydrogen (secondary N) is 3. The molecule has 10 heteroatoms. The maximum Gasteiger partial charge on any atom is 0.334 e. The van der Waals surface area contributed by atoms with E-state index in [-0.39, 0.29) is 12.6 Å². The third kappa shape index (κ3) is 4.01. The molecule has 2 amide bonds. The van der Waals surface area contributed by atoms with E-state index in [0.29, 0.717) is 12.3 Å². The quantitative estimate of drug-likeness (QED) is 0.632. The Morgan fingerprint density at radius 1 is 1.16 bits per heavy atom. The number of benzene rings is 1. The molecule has 2 aliphatic carbocycles. The largest absolute Gasteiger partial charge is 0.376 e. The first-order valence-corrected chi connectivity index (χ1v) is 12.3. The lowest BCUT2D eigenvalue weighted by molar-refractivity contribution is 0.118. The first-order valence-electron chi connectivity index (χ1n) is 10.9. The molecule has 2 heterocycles. The number of H-pyrrole nitrogens is 1. The zero-order valence-electron chi connectivity index (χ0n) is 17.3. The monoisotopic (exact) mass is 445 g/mol. The van der Waals surface area contributed by atoms with E-state index in [9.17, 15) is 13.2 Å². The lowest BCUT2D eigenvalue weighted by Gasteiger charge is -2.25. The molecule has 0 bridgehead atoms. The Balaban J connectivity index is 1.37. The number of aryl methyl sites for hydroxylation is 2. The summed E-state index contributed by atoms with van der Waals surface area (Å²) < 4.78 is 35.2. The average Bonchev–Trinajstić information content (AvgIpc) is 3.53. The van der Waals surface area contributed by atoms with Crippen molar-refractivity contribution in [3.8, 4) is 0 Å². The fraction of sp³-hybridized carbons (Fsp3) is 0.524. The van der Waals surface area contributed by atoms with Crippen LogP contribution in [0.2, 0.25) is 0 Å². The van der Waals surface area contributed by atoms with E-state index in [4.69, 9.17) is 4.74 Å². The molecule has 1 aromatic heterocycles. The second-order valence-electron chi connectivity index (χ2n) is 8.42. The summed E-state index contributed by atoms with van der Waals surface area (Å²) in [6.45, 7) is 0.736. The van der Waals surface area contributed by atoms with Crippen LogP contribution in [-0.2, 0) is 40.6 Å². The van der Waals surface area contributed by atoms with Crippen molar-refractivity contribution in [2.45, 2.75) is 57.5 Å². The molecule has 1 saturated heterocycles. The molecule has 9 nitrogen and oxygen atoms in total. The van der Waals surface area contributed by atoms with E-state index in [1.165, 1.54) is 23.5 Å². The van der Waals surface area contributed by atoms with Crippen LogP contribution in [0.5, 0.6) is 0 Å². The van der Waals surface area contributed by atoms with Crippen molar-refractivity contribution >= 4 is 27.6 Å².